The standard InChI is InChI=1S/C24H23N5O4/c1-31-20-8-3-2-7-19(20)24(30)26-21-16-29-22(25-21)9-10-23(27-29)33-18-6-4-5-17(15-18)28-11-13-32-14-12-28/h2-10,15-16H,11-14H2,1H3,(H,26,30). The Labute approximate surface area is 190 Å². The second kappa shape index (κ2) is 9.17. The third-order valence-electron chi connectivity index (χ3n) is 5.31. The molecule has 9 nitrogen and oxygen atoms in total. The molecule has 4 aromatic rings. The predicted molar refractivity (Wildman–Crippen MR) is 123 cm³/mol. The fourth-order valence-corrected chi connectivity index (χ4v) is 3.68. The Kier molecular flexibility index (Phi) is 5.77. The number of nitrogens with one attached hydrogen (secondary N) is 1. The molecule has 1 fully saturated rings. The summed E-state index contributed by atoms with van der Waals surface area (Å²) in [5.74, 6) is 1.67. The molecule has 0 aliphatic carbocycles. The van der Waals surface area contributed by atoms with Gasteiger partial charge in [0.05, 0.1) is 32.1 Å². The number of benzene rings is 2. The first-order chi connectivity index (χ1) is 16.2. The van der Waals surface area contributed by atoms with Gasteiger partial charge < -0.3 is 24.4 Å². The molecule has 2 aromatic heterocycles. The summed E-state index contributed by atoms with van der Waals surface area (Å²) in [6.45, 7) is 3.15. The number of ether oxygens (including phenoxy) is 3. The Morgan fingerprint density at radius 1 is 1.06 bits per heavy atom. The summed E-state index contributed by atoms with van der Waals surface area (Å²) in [6.07, 6.45) is 1.64. The molecule has 1 N–H and O–H groups in total. The topological polar surface area (TPSA) is 90.2 Å². The van der Waals surface area contributed by atoms with E-state index in [4.69, 9.17) is 14.2 Å². The summed E-state index contributed by atoms with van der Waals surface area (Å²) >= 11 is 0. The molecular weight excluding hydrogens is 422 g/mol. The molecule has 0 bridgehead atoms. The van der Waals surface area contributed by atoms with E-state index in [1.807, 2.05) is 24.3 Å². The van der Waals surface area contributed by atoms with Crippen LogP contribution in [0.1, 0.15) is 10.4 Å². The van der Waals surface area contributed by atoms with Crippen LogP contribution < -0.4 is 19.7 Å². The lowest BCUT2D eigenvalue weighted by Gasteiger charge is -2.29. The zero-order valence-corrected chi connectivity index (χ0v) is 18.1. The number of amides is 1. The van der Waals surface area contributed by atoms with E-state index >= 15 is 0 Å². The molecule has 5 rings (SSSR count). The SMILES string of the molecule is COc1ccccc1C(=O)Nc1cn2nc(Oc3cccc(N4CCOCC4)c3)ccc2n1. The third-order valence-corrected chi connectivity index (χ3v) is 5.31. The van der Waals surface area contributed by atoms with Crippen molar-refractivity contribution in [3.8, 4) is 17.4 Å². The van der Waals surface area contributed by atoms with Gasteiger partial charge in [-0.15, -0.1) is 5.10 Å². The van der Waals surface area contributed by atoms with Crippen LogP contribution in [0.2, 0.25) is 0 Å². The molecule has 9 heteroatoms. The summed E-state index contributed by atoms with van der Waals surface area (Å²) in [5, 5.41) is 7.26. The molecule has 1 aliphatic heterocycles. The first-order valence-corrected chi connectivity index (χ1v) is 10.6. The molecule has 1 aliphatic rings. The van der Waals surface area contributed by atoms with E-state index in [0.29, 0.717) is 34.4 Å². The van der Waals surface area contributed by atoms with Crippen molar-refractivity contribution in [3.63, 3.8) is 0 Å². The summed E-state index contributed by atoms with van der Waals surface area (Å²) in [4.78, 5) is 19.3. The Bertz CT molecular complexity index is 1280. The molecule has 0 saturated carbocycles. The average Bonchev–Trinajstić information content (AvgIpc) is 3.26. The number of carbonyl (C=O) groups excluding carboxylic acids is 1. The van der Waals surface area contributed by atoms with Gasteiger partial charge in [-0.25, -0.2) is 9.50 Å². The van der Waals surface area contributed by atoms with Crippen molar-refractivity contribution in [1.29, 1.82) is 0 Å². The molecule has 1 saturated heterocycles. The second-order valence-electron chi connectivity index (χ2n) is 7.45. The van der Waals surface area contributed by atoms with E-state index in [1.165, 1.54) is 7.11 Å². The number of para-hydroxylation sites is 1. The van der Waals surface area contributed by atoms with Crippen molar-refractivity contribution < 1.29 is 19.0 Å². The van der Waals surface area contributed by atoms with Gasteiger partial charge in [-0.05, 0) is 30.3 Å². The van der Waals surface area contributed by atoms with Crippen LogP contribution in [0.15, 0.2) is 66.9 Å². The highest BCUT2D eigenvalue weighted by Gasteiger charge is 2.15. The minimum atomic E-state index is -0.313. The molecule has 0 radical (unpaired) electrons. The van der Waals surface area contributed by atoms with Gasteiger partial charge in [0, 0.05) is 30.9 Å². The van der Waals surface area contributed by atoms with Crippen LogP contribution >= 0.6 is 0 Å². The summed E-state index contributed by atoms with van der Waals surface area (Å²) in [7, 11) is 1.53. The normalized spacial score (nSPS) is 13.7. The van der Waals surface area contributed by atoms with E-state index in [1.54, 1.807) is 41.0 Å². The third kappa shape index (κ3) is 4.58. The number of rotatable bonds is 6. The van der Waals surface area contributed by atoms with E-state index < -0.39 is 0 Å². The van der Waals surface area contributed by atoms with Crippen LogP contribution in [0, 0.1) is 0 Å². The van der Waals surface area contributed by atoms with Crippen molar-refractivity contribution in [2.75, 3.05) is 43.6 Å². The number of aromatic nitrogens is 3. The van der Waals surface area contributed by atoms with E-state index in [0.717, 1.165) is 32.0 Å². The van der Waals surface area contributed by atoms with Gasteiger partial charge >= 0.3 is 0 Å². The van der Waals surface area contributed by atoms with Gasteiger partial charge in [-0.2, -0.15) is 0 Å². The maximum Gasteiger partial charge on any atom is 0.260 e. The van der Waals surface area contributed by atoms with Crippen molar-refractivity contribution in [3.05, 3.63) is 72.4 Å². The summed E-state index contributed by atoms with van der Waals surface area (Å²) in [6, 6.07) is 18.4. The van der Waals surface area contributed by atoms with E-state index in [-0.39, 0.29) is 5.91 Å². The summed E-state index contributed by atoms with van der Waals surface area (Å²) in [5.41, 5.74) is 2.09. The van der Waals surface area contributed by atoms with E-state index in [9.17, 15) is 4.79 Å². The van der Waals surface area contributed by atoms with Gasteiger partial charge in [-0.1, -0.05) is 18.2 Å². The lowest BCUT2D eigenvalue weighted by Crippen LogP contribution is -2.36. The van der Waals surface area contributed by atoms with Gasteiger partial charge in [0.25, 0.3) is 5.91 Å². The Morgan fingerprint density at radius 3 is 2.76 bits per heavy atom. The second-order valence-corrected chi connectivity index (χ2v) is 7.45. The zero-order chi connectivity index (χ0) is 22.6. The minimum absolute atomic E-state index is 0.313. The number of carbonyl (C=O) groups is 1. The van der Waals surface area contributed by atoms with Crippen LogP contribution in [0.4, 0.5) is 11.5 Å². The molecular formula is C24H23N5O4. The van der Waals surface area contributed by atoms with Crippen LogP contribution in [-0.4, -0.2) is 53.9 Å². The average molecular weight is 445 g/mol. The highest BCUT2D eigenvalue weighted by molar-refractivity contribution is 6.05. The quantitative estimate of drug-likeness (QED) is 0.485. The smallest absolute Gasteiger partial charge is 0.260 e. The predicted octanol–water partition coefficient (Wildman–Crippen LogP) is 3.62. The van der Waals surface area contributed by atoms with Crippen LogP contribution in [0.5, 0.6) is 17.4 Å². The zero-order valence-electron chi connectivity index (χ0n) is 18.1. The molecule has 2 aromatic carbocycles. The fourth-order valence-electron chi connectivity index (χ4n) is 3.68. The molecule has 0 spiro atoms. The molecule has 0 atom stereocenters. The van der Waals surface area contributed by atoms with Crippen LogP contribution in [0.25, 0.3) is 5.65 Å². The number of imidazole rings is 1. The van der Waals surface area contributed by atoms with Crippen molar-refractivity contribution in [2.24, 2.45) is 0 Å². The lowest BCUT2D eigenvalue weighted by molar-refractivity contribution is 0.102. The number of nitrogens with zero attached hydrogens (tertiary/aromatic N) is 4. The van der Waals surface area contributed by atoms with Crippen molar-refractivity contribution in [2.45, 2.75) is 0 Å². The van der Waals surface area contributed by atoms with Gasteiger partial charge in [-0.3, -0.25) is 4.79 Å². The number of fused-ring (bicyclic) bond motifs is 1. The number of anilines is 2. The Hall–Kier alpha value is -4.11. The van der Waals surface area contributed by atoms with Crippen molar-refractivity contribution in [1.82, 2.24) is 14.6 Å². The largest absolute Gasteiger partial charge is 0.496 e. The van der Waals surface area contributed by atoms with Crippen molar-refractivity contribution >= 4 is 23.1 Å². The molecule has 33 heavy (non-hydrogen) atoms. The number of methoxy groups -OCH3 is 1. The molecule has 0 unspecified atom stereocenters. The highest BCUT2D eigenvalue weighted by atomic mass is 16.5. The lowest BCUT2D eigenvalue weighted by atomic mass is 10.2. The Morgan fingerprint density at radius 2 is 1.91 bits per heavy atom. The molecule has 3 heterocycles. The van der Waals surface area contributed by atoms with Crippen LogP contribution in [0.3, 0.4) is 0 Å². The number of morpholine rings is 1. The van der Waals surface area contributed by atoms with Gasteiger partial charge in [0.1, 0.15) is 11.5 Å². The number of hydrogen-bond acceptors (Lipinski definition) is 7. The van der Waals surface area contributed by atoms with Gasteiger partial charge in [0.2, 0.25) is 5.88 Å². The molecule has 1 amide bonds. The van der Waals surface area contributed by atoms with Gasteiger partial charge in [0.15, 0.2) is 11.5 Å². The maximum atomic E-state index is 12.6. The maximum absolute atomic E-state index is 12.6. The monoisotopic (exact) mass is 445 g/mol. The summed E-state index contributed by atoms with van der Waals surface area (Å²) < 4.78 is 18.2. The minimum Gasteiger partial charge on any atom is -0.496 e. The molecule has 168 valence electrons. The first-order valence-electron chi connectivity index (χ1n) is 10.6. The fraction of sp³-hybridized carbons (Fsp3) is 0.208. The van der Waals surface area contributed by atoms with Crippen LogP contribution in [-0.2, 0) is 4.74 Å². The van der Waals surface area contributed by atoms with E-state index in [2.05, 4.69) is 26.4 Å². The first kappa shape index (κ1) is 20.8. The highest BCUT2D eigenvalue weighted by Crippen LogP contribution is 2.26. The Balaban J connectivity index is 1.32. The number of hydrogen-bond donors (Lipinski definition) is 1.